The molecule has 2 N–H and O–H groups in total. The third-order valence-corrected chi connectivity index (χ3v) is 8.19. The van der Waals surface area contributed by atoms with E-state index < -0.39 is 16.8 Å². The van der Waals surface area contributed by atoms with Crippen molar-refractivity contribution in [1.29, 1.82) is 0 Å². The SMILES string of the molecule is O=S(c1ccc(O)cc1F)N1CCC(Cc2cc(-c3ccccc3O)nc3c(Br)cnn23)CC1. The molecule has 3 heterocycles. The lowest BCUT2D eigenvalue weighted by atomic mass is 9.92. The van der Waals surface area contributed by atoms with Gasteiger partial charge in [-0.1, -0.05) is 12.1 Å². The van der Waals surface area contributed by atoms with Crippen molar-refractivity contribution in [2.45, 2.75) is 24.2 Å². The summed E-state index contributed by atoms with van der Waals surface area (Å²) in [5.74, 6) is -0.364. The van der Waals surface area contributed by atoms with Crippen LogP contribution in [0.4, 0.5) is 4.39 Å². The molecular formula is C24H22BrFN4O3S. The van der Waals surface area contributed by atoms with E-state index in [9.17, 15) is 18.8 Å². The molecule has 176 valence electrons. The molecule has 1 unspecified atom stereocenters. The zero-order valence-electron chi connectivity index (χ0n) is 18.1. The van der Waals surface area contributed by atoms with Crippen LogP contribution in [0.5, 0.6) is 11.5 Å². The van der Waals surface area contributed by atoms with Crippen LogP contribution < -0.4 is 0 Å². The highest BCUT2D eigenvalue weighted by Gasteiger charge is 2.26. The molecule has 0 spiro atoms. The fourth-order valence-electron chi connectivity index (χ4n) is 4.32. The molecule has 0 radical (unpaired) electrons. The summed E-state index contributed by atoms with van der Waals surface area (Å²) in [6.07, 6.45) is 4.04. The number of para-hydroxylation sites is 1. The minimum Gasteiger partial charge on any atom is -0.508 e. The van der Waals surface area contributed by atoms with Gasteiger partial charge >= 0.3 is 0 Å². The fraction of sp³-hybridized carbons (Fsp3) is 0.250. The average molecular weight is 545 g/mol. The maximum absolute atomic E-state index is 14.2. The molecule has 2 aromatic heterocycles. The van der Waals surface area contributed by atoms with Gasteiger partial charge in [0.2, 0.25) is 0 Å². The molecule has 0 amide bonds. The molecule has 2 aromatic carbocycles. The Balaban J connectivity index is 1.35. The Morgan fingerprint density at radius 3 is 2.62 bits per heavy atom. The summed E-state index contributed by atoms with van der Waals surface area (Å²) in [6, 6.07) is 12.8. The number of benzene rings is 2. The number of aromatic hydroxyl groups is 2. The molecular weight excluding hydrogens is 523 g/mol. The smallest absolute Gasteiger partial charge is 0.170 e. The highest BCUT2D eigenvalue weighted by Crippen LogP contribution is 2.32. The topological polar surface area (TPSA) is 91.0 Å². The number of fused-ring (bicyclic) bond motifs is 1. The van der Waals surface area contributed by atoms with E-state index in [1.807, 2.05) is 22.7 Å². The number of hydrogen-bond acceptors (Lipinski definition) is 5. The number of aromatic nitrogens is 3. The van der Waals surface area contributed by atoms with Gasteiger partial charge in [-0.05, 0) is 71.4 Å². The first-order chi connectivity index (χ1) is 16.4. The molecule has 4 aromatic rings. The van der Waals surface area contributed by atoms with E-state index in [1.165, 1.54) is 12.1 Å². The normalized spacial score (nSPS) is 16.2. The molecule has 0 aliphatic carbocycles. The largest absolute Gasteiger partial charge is 0.508 e. The van der Waals surface area contributed by atoms with Crippen molar-refractivity contribution in [2.24, 2.45) is 5.92 Å². The Kier molecular flexibility index (Phi) is 6.37. The minimum atomic E-state index is -1.62. The maximum Gasteiger partial charge on any atom is 0.170 e. The quantitative estimate of drug-likeness (QED) is 0.380. The van der Waals surface area contributed by atoms with E-state index in [0.29, 0.717) is 35.9 Å². The zero-order chi connectivity index (χ0) is 23.8. The predicted molar refractivity (Wildman–Crippen MR) is 130 cm³/mol. The molecule has 7 nitrogen and oxygen atoms in total. The van der Waals surface area contributed by atoms with Gasteiger partial charge in [0.25, 0.3) is 0 Å². The van der Waals surface area contributed by atoms with Gasteiger partial charge in [0.1, 0.15) is 28.3 Å². The Morgan fingerprint density at radius 1 is 1.12 bits per heavy atom. The summed E-state index contributed by atoms with van der Waals surface area (Å²) in [4.78, 5) is 4.78. The summed E-state index contributed by atoms with van der Waals surface area (Å²) >= 11 is 3.51. The van der Waals surface area contributed by atoms with E-state index in [-0.39, 0.29) is 16.4 Å². The molecule has 1 aliphatic heterocycles. The zero-order valence-corrected chi connectivity index (χ0v) is 20.5. The number of rotatable bonds is 5. The molecule has 0 saturated carbocycles. The third kappa shape index (κ3) is 4.45. The average Bonchev–Trinajstić information content (AvgIpc) is 3.20. The Bertz CT molecular complexity index is 1390. The van der Waals surface area contributed by atoms with Crippen LogP contribution in [0.3, 0.4) is 0 Å². The standard InChI is InChI=1S/C24H22BrFN4O3S/c25-19-14-27-30-16(12-21(28-24(19)30)18-3-1-2-4-22(18)32)11-15-7-9-29(10-8-15)34(33)23-6-5-17(31)13-20(23)26/h1-6,12-15,31-32H,7-11H2. The summed E-state index contributed by atoms with van der Waals surface area (Å²) in [5, 5.41) is 24.2. The van der Waals surface area contributed by atoms with Crippen LogP contribution in [-0.4, -0.2) is 46.4 Å². The predicted octanol–water partition coefficient (Wildman–Crippen LogP) is 4.69. The van der Waals surface area contributed by atoms with Crippen LogP contribution in [0.1, 0.15) is 18.5 Å². The van der Waals surface area contributed by atoms with Gasteiger partial charge in [-0.3, -0.25) is 0 Å². The molecule has 0 bridgehead atoms. The van der Waals surface area contributed by atoms with Crippen molar-refractivity contribution < 1.29 is 18.8 Å². The van der Waals surface area contributed by atoms with Gasteiger partial charge in [-0.15, -0.1) is 0 Å². The monoisotopic (exact) mass is 544 g/mol. The fourth-order valence-corrected chi connectivity index (χ4v) is 5.90. The lowest BCUT2D eigenvalue weighted by Gasteiger charge is -2.31. The van der Waals surface area contributed by atoms with E-state index in [4.69, 9.17) is 4.98 Å². The molecule has 1 fully saturated rings. The lowest BCUT2D eigenvalue weighted by molar-refractivity contribution is 0.280. The lowest BCUT2D eigenvalue weighted by Crippen LogP contribution is -2.36. The van der Waals surface area contributed by atoms with Gasteiger partial charge in [0, 0.05) is 30.4 Å². The minimum absolute atomic E-state index is 0.0841. The van der Waals surface area contributed by atoms with Crippen LogP contribution in [-0.2, 0) is 17.4 Å². The van der Waals surface area contributed by atoms with Crippen molar-refractivity contribution in [2.75, 3.05) is 13.1 Å². The van der Waals surface area contributed by atoms with E-state index in [2.05, 4.69) is 21.0 Å². The van der Waals surface area contributed by atoms with Crippen molar-refractivity contribution in [3.05, 3.63) is 70.7 Å². The number of phenols is 2. The van der Waals surface area contributed by atoms with E-state index in [0.717, 1.165) is 35.5 Å². The highest BCUT2D eigenvalue weighted by molar-refractivity contribution is 9.10. The number of halogens is 2. The summed E-state index contributed by atoms with van der Waals surface area (Å²) in [7, 11) is -1.62. The Hall–Kier alpha value is -2.82. The van der Waals surface area contributed by atoms with Crippen LogP contribution in [0.15, 0.2) is 64.1 Å². The summed E-state index contributed by atoms with van der Waals surface area (Å²) in [6.45, 7) is 1.14. The van der Waals surface area contributed by atoms with Gasteiger partial charge in [-0.2, -0.15) is 5.10 Å². The second-order valence-corrected chi connectivity index (χ2v) is 10.6. The molecule has 1 atom stereocenters. The van der Waals surface area contributed by atoms with Gasteiger partial charge < -0.3 is 10.2 Å². The van der Waals surface area contributed by atoms with Crippen molar-refractivity contribution in [1.82, 2.24) is 18.9 Å². The Labute approximate surface area is 206 Å². The van der Waals surface area contributed by atoms with Crippen LogP contribution in [0.25, 0.3) is 16.9 Å². The van der Waals surface area contributed by atoms with Crippen LogP contribution in [0, 0.1) is 11.7 Å². The van der Waals surface area contributed by atoms with Crippen molar-refractivity contribution in [3.8, 4) is 22.8 Å². The number of nitrogens with zero attached hydrogens (tertiary/aromatic N) is 4. The molecule has 10 heteroatoms. The number of piperidine rings is 1. The first-order valence-corrected chi connectivity index (χ1v) is 12.8. The number of phenolic OH excluding ortho intramolecular Hbond substituents is 2. The second-order valence-electron chi connectivity index (χ2n) is 8.32. The molecule has 1 aliphatic rings. The van der Waals surface area contributed by atoms with Gasteiger partial charge in [0.05, 0.1) is 21.3 Å². The first kappa shape index (κ1) is 22.9. The summed E-state index contributed by atoms with van der Waals surface area (Å²) < 4.78 is 31.4. The molecule has 5 rings (SSSR count). The molecule has 1 saturated heterocycles. The van der Waals surface area contributed by atoms with Crippen molar-refractivity contribution >= 4 is 32.6 Å². The second kappa shape index (κ2) is 9.44. The third-order valence-electron chi connectivity index (χ3n) is 6.09. The van der Waals surface area contributed by atoms with Crippen LogP contribution in [0.2, 0.25) is 0 Å². The molecule has 34 heavy (non-hydrogen) atoms. The summed E-state index contributed by atoms with van der Waals surface area (Å²) in [5.41, 5.74) is 2.97. The first-order valence-electron chi connectivity index (χ1n) is 10.9. The van der Waals surface area contributed by atoms with Gasteiger partial charge in [-0.25, -0.2) is 22.4 Å². The van der Waals surface area contributed by atoms with Gasteiger partial charge in [0.15, 0.2) is 5.65 Å². The highest BCUT2D eigenvalue weighted by atomic mass is 79.9. The van der Waals surface area contributed by atoms with Crippen LogP contribution >= 0.6 is 15.9 Å². The maximum atomic E-state index is 14.2. The van der Waals surface area contributed by atoms with Crippen molar-refractivity contribution in [3.63, 3.8) is 0 Å². The number of hydrogen-bond donors (Lipinski definition) is 2. The van der Waals surface area contributed by atoms with E-state index in [1.54, 1.807) is 22.6 Å². The Morgan fingerprint density at radius 2 is 1.88 bits per heavy atom. The van der Waals surface area contributed by atoms with E-state index >= 15 is 0 Å².